The van der Waals surface area contributed by atoms with Crippen LogP contribution in [0, 0.1) is 5.92 Å². The number of benzene rings is 1. The normalized spacial score (nSPS) is 26.0. The van der Waals surface area contributed by atoms with Crippen LogP contribution in [0.25, 0.3) is 0 Å². The van der Waals surface area contributed by atoms with Crippen LogP contribution < -0.4 is 10.6 Å². The molecule has 0 aromatic heterocycles. The minimum absolute atomic E-state index is 0.0777. The van der Waals surface area contributed by atoms with Gasteiger partial charge in [0.1, 0.15) is 12.1 Å². The lowest BCUT2D eigenvalue weighted by Crippen LogP contribution is -2.54. The maximum Gasteiger partial charge on any atom is 0.325 e. The number of rotatable bonds is 4. The number of nitrogens with one attached hydrogen (secondary N) is 2. The number of urea groups is 1. The fourth-order valence-corrected chi connectivity index (χ4v) is 3.88. The molecule has 25 heavy (non-hydrogen) atoms. The predicted molar refractivity (Wildman–Crippen MR) is 93.9 cm³/mol. The van der Waals surface area contributed by atoms with Gasteiger partial charge in [-0.25, -0.2) is 4.79 Å². The first-order chi connectivity index (χ1) is 11.9. The van der Waals surface area contributed by atoms with Gasteiger partial charge >= 0.3 is 6.03 Å². The maximum absolute atomic E-state index is 12.8. The van der Waals surface area contributed by atoms with Gasteiger partial charge in [-0.3, -0.25) is 14.5 Å². The van der Waals surface area contributed by atoms with Gasteiger partial charge in [0.25, 0.3) is 5.91 Å². The summed E-state index contributed by atoms with van der Waals surface area (Å²) in [6.45, 7) is 1.96. The smallest absolute Gasteiger partial charge is 0.325 e. The molecule has 0 radical (unpaired) electrons. The van der Waals surface area contributed by atoms with E-state index >= 15 is 0 Å². The van der Waals surface area contributed by atoms with Gasteiger partial charge in [0.15, 0.2) is 0 Å². The van der Waals surface area contributed by atoms with E-state index in [9.17, 15) is 14.4 Å². The minimum atomic E-state index is -0.835. The third kappa shape index (κ3) is 3.35. The van der Waals surface area contributed by atoms with Crippen LogP contribution >= 0.6 is 11.6 Å². The Bertz CT molecular complexity index is 709. The Hall–Kier alpha value is -2.08. The van der Waals surface area contributed by atoms with E-state index in [1.807, 2.05) is 25.1 Å². The van der Waals surface area contributed by atoms with Crippen LogP contribution in [0.5, 0.6) is 0 Å². The molecule has 2 aliphatic rings. The first-order valence-electron chi connectivity index (χ1n) is 8.58. The summed E-state index contributed by atoms with van der Waals surface area (Å²) in [5.41, 5.74) is -0.0506. The molecule has 2 atom stereocenters. The Morgan fingerprint density at radius 1 is 1.36 bits per heavy atom. The summed E-state index contributed by atoms with van der Waals surface area (Å²) in [6.07, 6.45) is 3.50. The number of amides is 4. The highest BCUT2D eigenvalue weighted by molar-refractivity contribution is 6.31. The maximum atomic E-state index is 12.8. The zero-order valence-corrected chi connectivity index (χ0v) is 14.9. The van der Waals surface area contributed by atoms with Crippen molar-refractivity contribution in [3.8, 4) is 0 Å². The topological polar surface area (TPSA) is 78.5 Å². The van der Waals surface area contributed by atoms with Crippen molar-refractivity contribution < 1.29 is 14.4 Å². The Kier molecular flexibility index (Phi) is 4.99. The fraction of sp³-hybridized carbons (Fsp3) is 0.500. The second kappa shape index (κ2) is 7.04. The molecule has 3 rings (SSSR count). The highest BCUT2D eigenvalue weighted by atomic mass is 35.5. The van der Waals surface area contributed by atoms with Crippen molar-refractivity contribution in [2.45, 2.75) is 44.7 Å². The quantitative estimate of drug-likeness (QED) is 0.806. The third-order valence-electron chi connectivity index (χ3n) is 5.24. The van der Waals surface area contributed by atoms with Crippen LogP contribution in [-0.4, -0.2) is 34.8 Å². The lowest BCUT2D eigenvalue weighted by molar-refractivity contribution is -0.137. The number of hydrogen-bond acceptors (Lipinski definition) is 3. The van der Waals surface area contributed by atoms with Crippen LogP contribution in [0.3, 0.4) is 0 Å². The second-order valence-electron chi connectivity index (χ2n) is 6.81. The Labute approximate surface area is 151 Å². The zero-order valence-electron chi connectivity index (χ0n) is 14.2. The van der Waals surface area contributed by atoms with Crippen LogP contribution in [-0.2, 0) is 16.1 Å². The van der Waals surface area contributed by atoms with Gasteiger partial charge in [0.2, 0.25) is 5.91 Å². The van der Waals surface area contributed by atoms with Gasteiger partial charge in [-0.2, -0.15) is 0 Å². The molecule has 1 aliphatic carbocycles. The highest BCUT2D eigenvalue weighted by Crippen LogP contribution is 2.38. The van der Waals surface area contributed by atoms with Crippen molar-refractivity contribution in [2.75, 3.05) is 6.54 Å². The lowest BCUT2D eigenvalue weighted by Gasteiger charge is -2.36. The Morgan fingerprint density at radius 3 is 2.84 bits per heavy atom. The molecule has 1 saturated carbocycles. The van der Waals surface area contributed by atoms with Crippen LogP contribution in [0.1, 0.15) is 38.2 Å². The first kappa shape index (κ1) is 17.7. The van der Waals surface area contributed by atoms with Crippen molar-refractivity contribution >= 4 is 29.4 Å². The molecule has 4 amide bonds. The van der Waals surface area contributed by atoms with E-state index in [0.29, 0.717) is 11.4 Å². The number of carbonyl (C=O) groups excluding carboxylic acids is 3. The number of nitrogens with zero attached hydrogens (tertiary/aromatic N) is 1. The highest BCUT2D eigenvalue weighted by Gasteiger charge is 2.55. The average molecular weight is 364 g/mol. The van der Waals surface area contributed by atoms with E-state index in [-0.39, 0.29) is 30.8 Å². The number of hydrogen-bond donors (Lipinski definition) is 2. The molecule has 1 spiro atoms. The molecule has 6 nitrogen and oxygen atoms in total. The number of imide groups is 1. The monoisotopic (exact) mass is 363 g/mol. The molecule has 1 aromatic carbocycles. The van der Waals surface area contributed by atoms with E-state index in [2.05, 4.69) is 10.6 Å². The van der Waals surface area contributed by atoms with E-state index in [1.165, 1.54) is 0 Å². The Morgan fingerprint density at radius 2 is 2.12 bits per heavy atom. The van der Waals surface area contributed by atoms with Crippen molar-refractivity contribution in [1.29, 1.82) is 0 Å². The average Bonchev–Trinajstić information content (AvgIpc) is 2.82. The van der Waals surface area contributed by atoms with Gasteiger partial charge in [0, 0.05) is 11.6 Å². The van der Waals surface area contributed by atoms with Gasteiger partial charge in [0.05, 0.1) is 0 Å². The van der Waals surface area contributed by atoms with Crippen LogP contribution in [0.15, 0.2) is 24.3 Å². The molecule has 2 fully saturated rings. The van der Waals surface area contributed by atoms with Gasteiger partial charge in [-0.1, -0.05) is 49.6 Å². The van der Waals surface area contributed by atoms with E-state index in [4.69, 9.17) is 11.6 Å². The Balaban J connectivity index is 1.62. The third-order valence-corrected chi connectivity index (χ3v) is 5.61. The first-order valence-corrected chi connectivity index (χ1v) is 8.96. The lowest BCUT2D eigenvalue weighted by atomic mass is 9.73. The number of halogens is 1. The van der Waals surface area contributed by atoms with Crippen molar-refractivity contribution in [2.24, 2.45) is 5.92 Å². The number of carbonyl (C=O) groups is 3. The summed E-state index contributed by atoms with van der Waals surface area (Å²) in [5.74, 6) is -0.588. The zero-order chi connectivity index (χ0) is 18.0. The summed E-state index contributed by atoms with van der Waals surface area (Å²) < 4.78 is 0. The van der Waals surface area contributed by atoms with Gasteiger partial charge in [-0.15, -0.1) is 0 Å². The molecule has 2 unspecified atom stereocenters. The summed E-state index contributed by atoms with van der Waals surface area (Å²) in [6, 6.07) is 6.72. The fourth-order valence-electron chi connectivity index (χ4n) is 3.67. The minimum Gasteiger partial charge on any atom is -0.350 e. The molecule has 1 saturated heterocycles. The van der Waals surface area contributed by atoms with E-state index < -0.39 is 11.6 Å². The SMILES string of the molecule is CC1CCCCC12NC(=O)N(CC(=O)NCc1ccccc1Cl)C2=O. The van der Waals surface area contributed by atoms with E-state index in [1.54, 1.807) is 6.07 Å². The van der Waals surface area contributed by atoms with Crippen molar-refractivity contribution in [3.63, 3.8) is 0 Å². The van der Waals surface area contributed by atoms with Crippen molar-refractivity contribution in [1.82, 2.24) is 15.5 Å². The summed E-state index contributed by atoms with van der Waals surface area (Å²) >= 11 is 6.06. The van der Waals surface area contributed by atoms with Gasteiger partial charge in [-0.05, 0) is 30.4 Å². The molecule has 1 aromatic rings. The predicted octanol–water partition coefficient (Wildman–Crippen LogP) is 2.46. The molecule has 7 heteroatoms. The molecule has 2 N–H and O–H groups in total. The molecule has 134 valence electrons. The molecule has 1 aliphatic heterocycles. The van der Waals surface area contributed by atoms with Crippen LogP contribution in [0.2, 0.25) is 5.02 Å². The summed E-state index contributed by atoms with van der Waals surface area (Å²) in [5, 5.41) is 6.12. The molecular weight excluding hydrogens is 342 g/mol. The largest absolute Gasteiger partial charge is 0.350 e. The van der Waals surface area contributed by atoms with E-state index in [0.717, 1.165) is 29.7 Å². The summed E-state index contributed by atoms with van der Waals surface area (Å²) in [4.78, 5) is 38.3. The molecular formula is C18H22ClN3O3. The summed E-state index contributed by atoms with van der Waals surface area (Å²) in [7, 11) is 0. The molecule has 0 bridgehead atoms. The van der Waals surface area contributed by atoms with Crippen LogP contribution in [0.4, 0.5) is 4.79 Å². The van der Waals surface area contributed by atoms with Crippen molar-refractivity contribution in [3.05, 3.63) is 34.9 Å². The second-order valence-corrected chi connectivity index (χ2v) is 7.21. The molecule has 1 heterocycles. The van der Waals surface area contributed by atoms with Gasteiger partial charge < -0.3 is 10.6 Å². The standard InChI is InChI=1S/C18H22ClN3O3/c1-12-6-4-5-9-18(12)16(24)22(17(25)21-18)11-15(23)20-10-13-7-2-3-8-14(13)19/h2-3,7-8,12H,4-6,9-11H2,1H3,(H,20,23)(H,21,25).